The Morgan fingerprint density at radius 2 is 2.53 bits per heavy atom. The Hall–Kier alpha value is -0.480. The number of hydrogen-bond acceptors (Lipinski definition) is 3. The predicted molar refractivity (Wildman–Crippen MR) is 74.4 cm³/mol. The van der Waals surface area contributed by atoms with E-state index in [2.05, 4.69) is 53.0 Å². The zero-order chi connectivity index (χ0) is 12.1. The van der Waals surface area contributed by atoms with Gasteiger partial charge in [-0.2, -0.15) is 16.9 Å². The van der Waals surface area contributed by atoms with Gasteiger partial charge >= 0.3 is 0 Å². The van der Waals surface area contributed by atoms with Crippen LogP contribution in [0.2, 0.25) is 0 Å². The van der Waals surface area contributed by atoms with Crippen molar-refractivity contribution in [1.29, 1.82) is 0 Å². The maximum atomic E-state index is 4.61. The molecule has 1 fully saturated rings. The third kappa shape index (κ3) is 3.75. The van der Waals surface area contributed by atoms with E-state index in [0.717, 1.165) is 13.0 Å². The van der Waals surface area contributed by atoms with Crippen LogP contribution in [0.3, 0.4) is 0 Å². The molecule has 96 valence electrons. The van der Waals surface area contributed by atoms with E-state index in [1.54, 1.807) is 0 Å². The molecule has 0 spiro atoms. The molecule has 0 aromatic carbocycles. The van der Waals surface area contributed by atoms with Crippen molar-refractivity contribution in [3.8, 4) is 0 Å². The van der Waals surface area contributed by atoms with E-state index < -0.39 is 0 Å². The first kappa shape index (κ1) is 13.0. The minimum absolute atomic E-state index is 0.508. The monoisotopic (exact) mass is 253 g/mol. The molecule has 0 saturated carbocycles. The Labute approximate surface area is 108 Å². The van der Waals surface area contributed by atoms with Gasteiger partial charge in [0.2, 0.25) is 0 Å². The molecule has 2 rings (SSSR count). The molecule has 1 saturated heterocycles. The van der Waals surface area contributed by atoms with Crippen LogP contribution in [0.25, 0.3) is 0 Å². The molecular weight excluding hydrogens is 230 g/mol. The van der Waals surface area contributed by atoms with Gasteiger partial charge in [0.15, 0.2) is 0 Å². The van der Waals surface area contributed by atoms with Crippen molar-refractivity contribution in [3.63, 3.8) is 0 Å². The summed E-state index contributed by atoms with van der Waals surface area (Å²) in [5.74, 6) is 2.59. The second-order valence-electron chi connectivity index (χ2n) is 4.84. The lowest BCUT2D eigenvalue weighted by Gasteiger charge is -2.22. The lowest BCUT2D eigenvalue weighted by Crippen LogP contribution is -2.33. The molecule has 0 bridgehead atoms. The van der Waals surface area contributed by atoms with E-state index in [4.69, 9.17) is 0 Å². The Bertz CT molecular complexity index is 331. The van der Waals surface area contributed by atoms with E-state index in [-0.39, 0.29) is 0 Å². The van der Waals surface area contributed by atoms with Crippen LogP contribution in [-0.4, -0.2) is 27.3 Å². The summed E-state index contributed by atoms with van der Waals surface area (Å²) in [6, 6.07) is 3.33. The SMILES string of the molecule is CCC(C)n1ccc(CNC2CCCSC2)n1. The standard InChI is InChI=1S/C13H23N3S/c1-3-11(2)16-7-6-12(15-16)9-14-13-5-4-8-17-10-13/h6-7,11,13-14H,3-5,8-10H2,1-2H3. The van der Waals surface area contributed by atoms with Crippen LogP contribution in [-0.2, 0) is 6.54 Å². The van der Waals surface area contributed by atoms with Crippen LogP contribution in [0, 0.1) is 0 Å². The van der Waals surface area contributed by atoms with Crippen molar-refractivity contribution in [2.75, 3.05) is 11.5 Å². The first-order valence-electron chi connectivity index (χ1n) is 6.64. The highest BCUT2D eigenvalue weighted by Gasteiger charge is 2.13. The number of thioether (sulfide) groups is 1. The molecule has 1 aliphatic rings. The molecular formula is C13H23N3S. The van der Waals surface area contributed by atoms with Gasteiger partial charge in [-0.25, -0.2) is 0 Å². The first-order chi connectivity index (χ1) is 8.29. The zero-order valence-electron chi connectivity index (χ0n) is 10.9. The smallest absolute Gasteiger partial charge is 0.0762 e. The molecule has 1 aromatic rings. The van der Waals surface area contributed by atoms with Crippen molar-refractivity contribution in [1.82, 2.24) is 15.1 Å². The molecule has 2 atom stereocenters. The van der Waals surface area contributed by atoms with Crippen LogP contribution in [0.5, 0.6) is 0 Å². The maximum absolute atomic E-state index is 4.61. The summed E-state index contributed by atoms with van der Waals surface area (Å²) in [5.41, 5.74) is 1.17. The summed E-state index contributed by atoms with van der Waals surface area (Å²) in [6.07, 6.45) is 5.90. The van der Waals surface area contributed by atoms with Gasteiger partial charge in [-0.15, -0.1) is 0 Å². The normalized spacial score (nSPS) is 22.6. The fraction of sp³-hybridized carbons (Fsp3) is 0.769. The fourth-order valence-corrected chi connectivity index (χ4v) is 3.16. The summed E-state index contributed by atoms with van der Waals surface area (Å²) >= 11 is 2.06. The number of rotatable bonds is 5. The molecule has 1 aliphatic heterocycles. The third-order valence-electron chi connectivity index (χ3n) is 3.44. The van der Waals surface area contributed by atoms with E-state index in [1.165, 1.54) is 30.0 Å². The summed E-state index contributed by atoms with van der Waals surface area (Å²) in [6.45, 7) is 5.32. The highest BCUT2D eigenvalue weighted by atomic mass is 32.2. The lowest BCUT2D eigenvalue weighted by molar-refractivity contribution is 0.462. The van der Waals surface area contributed by atoms with Gasteiger partial charge in [0.05, 0.1) is 5.69 Å². The van der Waals surface area contributed by atoms with Gasteiger partial charge in [-0.05, 0) is 38.0 Å². The minimum Gasteiger partial charge on any atom is -0.307 e. The van der Waals surface area contributed by atoms with Gasteiger partial charge in [0, 0.05) is 30.6 Å². The van der Waals surface area contributed by atoms with Crippen LogP contribution >= 0.6 is 11.8 Å². The molecule has 4 heteroatoms. The van der Waals surface area contributed by atoms with Crippen LogP contribution in [0.1, 0.15) is 44.8 Å². The summed E-state index contributed by atoms with van der Waals surface area (Å²) < 4.78 is 2.08. The third-order valence-corrected chi connectivity index (χ3v) is 4.65. The minimum atomic E-state index is 0.508. The van der Waals surface area contributed by atoms with Crippen LogP contribution in [0.15, 0.2) is 12.3 Å². The van der Waals surface area contributed by atoms with Crippen molar-refractivity contribution in [2.45, 2.75) is 51.7 Å². The Morgan fingerprint density at radius 3 is 3.24 bits per heavy atom. The van der Waals surface area contributed by atoms with Crippen LogP contribution in [0.4, 0.5) is 0 Å². The van der Waals surface area contributed by atoms with Crippen molar-refractivity contribution in [2.24, 2.45) is 0 Å². The number of hydrogen-bond donors (Lipinski definition) is 1. The molecule has 17 heavy (non-hydrogen) atoms. The van der Waals surface area contributed by atoms with Gasteiger partial charge < -0.3 is 5.32 Å². The Kier molecular flexibility index (Phi) is 4.92. The van der Waals surface area contributed by atoms with E-state index in [9.17, 15) is 0 Å². The number of nitrogens with one attached hydrogen (secondary N) is 1. The summed E-state index contributed by atoms with van der Waals surface area (Å²) in [4.78, 5) is 0. The molecule has 3 nitrogen and oxygen atoms in total. The van der Waals surface area contributed by atoms with E-state index >= 15 is 0 Å². The molecule has 0 amide bonds. The predicted octanol–water partition coefficient (Wildman–Crippen LogP) is 2.84. The number of aromatic nitrogens is 2. The summed E-state index contributed by atoms with van der Waals surface area (Å²) in [7, 11) is 0. The van der Waals surface area contributed by atoms with Crippen LogP contribution < -0.4 is 5.32 Å². The van der Waals surface area contributed by atoms with Crippen molar-refractivity contribution in [3.05, 3.63) is 18.0 Å². The molecule has 1 aromatic heterocycles. The maximum Gasteiger partial charge on any atom is 0.0762 e. The van der Waals surface area contributed by atoms with Crippen molar-refractivity contribution < 1.29 is 0 Å². The highest BCUT2D eigenvalue weighted by Crippen LogP contribution is 2.17. The largest absolute Gasteiger partial charge is 0.307 e. The van der Waals surface area contributed by atoms with E-state index in [0.29, 0.717) is 12.1 Å². The number of nitrogens with zero attached hydrogens (tertiary/aromatic N) is 2. The zero-order valence-corrected chi connectivity index (χ0v) is 11.7. The average Bonchev–Trinajstić information content (AvgIpc) is 2.85. The second kappa shape index (κ2) is 6.45. The topological polar surface area (TPSA) is 29.9 Å². The summed E-state index contributed by atoms with van der Waals surface area (Å²) in [5, 5.41) is 8.22. The first-order valence-corrected chi connectivity index (χ1v) is 7.80. The second-order valence-corrected chi connectivity index (χ2v) is 5.99. The lowest BCUT2D eigenvalue weighted by atomic mass is 10.2. The van der Waals surface area contributed by atoms with Gasteiger partial charge in [-0.1, -0.05) is 6.92 Å². The van der Waals surface area contributed by atoms with E-state index in [1.807, 2.05) is 0 Å². The molecule has 2 unspecified atom stereocenters. The van der Waals surface area contributed by atoms with Crippen molar-refractivity contribution >= 4 is 11.8 Å². The molecule has 2 heterocycles. The van der Waals surface area contributed by atoms with Gasteiger partial charge in [-0.3, -0.25) is 4.68 Å². The highest BCUT2D eigenvalue weighted by molar-refractivity contribution is 7.99. The van der Waals surface area contributed by atoms with Gasteiger partial charge in [0.25, 0.3) is 0 Å². The fourth-order valence-electron chi connectivity index (χ4n) is 2.05. The quantitative estimate of drug-likeness (QED) is 0.875. The average molecular weight is 253 g/mol. The van der Waals surface area contributed by atoms with Gasteiger partial charge in [0.1, 0.15) is 0 Å². The molecule has 0 aliphatic carbocycles. The Balaban J connectivity index is 1.80. The Morgan fingerprint density at radius 1 is 1.65 bits per heavy atom. The molecule has 0 radical (unpaired) electrons. The molecule has 1 N–H and O–H groups in total.